The first-order valence-electron chi connectivity index (χ1n) is 12.8. The topological polar surface area (TPSA) is 82.8 Å². The van der Waals surface area contributed by atoms with Crippen LogP contribution in [0.2, 0.25) is 0 Å². The summed E-state index contributed by atoms with van der Waals surface area (Å²) in [5.41, 5.74) is 14.7. The number of carbonyl (C=O) groups is 1. The smallest absolute Gasteiger partial charge is 0.449 e. The van der Waals surface area contributed by atoms with E-state index in [-0.39, 0.29) is 12.5 Å². The number of hydrogen-bond donors (Lipinski definition) is 2. The van der Waals surface area contributed by atoms with Crippen molar-refractivity contribution in [3.63, 3.8) is 0 Å². The minimum absolute atomic E-state index is 0.0184. The second-order valence-corrected chi connectivity index (χ2v) is 11.1. The Kier molecular flexibility index (Phi) is 6.33. The van der Waals surface area contributed by atoms with E-state index < -0.39 is 24.4 Å². The normalized spacial score (nSPS) is 17.4. The molecule has 1 saturated heterocycles. The van der Waals surface area contributed by atoms with E-state index in [1.807, 2.05) is 71.9 Å². The first kappa shape index (κ1) is 25.4. The number of amides is 1. The summed E-state index contributed by atoms with van der Waals surface area (Å²) in [4.78, 5) is 12.8. The van der Waals surface area contributed by atoms with E-state index in [0.717, 1.165) is 22.2 Å². The average Bonchev–Trinajstić information content (AvgIpc) is 3.30. The number of fused-ring (bicyclic) bond motifs is 3. The number of anilines is 1. The Balaban J connectivity index is 1.28. The van der Waals surface area contributed by atoms with Crippen LogP contribution in [0.3, 0.4) is 0 Å². The van der Waals surface area contributed by atoms with Crippen molar-refractivity contribution < 1.29 is 18.8 Å². The maximum Gasteiger partial charge on any atom is 0.495 e. The van der Waals surface area contributed by atoms with Gasteiger partial charge < -0.3 is 25.1 Å². The van der Waals surface area contributed by atoms with Crippen molar-refractivity contribution >= 4 is 24.4 Å². The van der Waals surface area contributed by atoms with Crippen molar-refractivity contribution in [2.75, 3.05) is 12.3 Å². The molecule has 1 heterocycles. The monoisotopic (exact) mass is 498 g/mol. The summed E-state index contributed by atoms with van der Waals surface area (Å²) in [5.74, 6) is 0.0184. The largest absolute Gasteiger partial charge is 0.495 e. The zero-order valence-electron chi connectivity index (χ0n) is 22.5. The molecule has 1 aliphatic carbocycles. The van der Waals surface area contributed by atoms with E-state index in [0.29, 0.717) is 12.2 Å². The SMILES string of the molecule is Cc1c(CNC(=O)OCC2c3ccccc3-c3ccccc32)cc(B2OC(C)(C)C(C)(C)O2)c(C)c1N. The summed E-state index contributed by atoms with van der Waals surface area (Å²) < 4.78 is 18.2. The minimum Gasteiger partial charge on any atom is -0.449 e. The van der Waals surface area contributed by atoms with Gasteiger partial charge in [-0.1, -0.05) is 54.6 Å². The molecule has 0 saturated carbocycles. The third-order valence-electron chi connectivity index (χ3n) is 8.33. The maximum absolute atomic E-state index is 12.8. The van der Waals surface area contributed by atoms with E-state index in [4.69, 9.17) is 19.8 Å². The van der Waals surface area contributed by atoms with Crippen LogP contribution in [-0.4, -0.2) is 31.0 Å². The van der Waals surface area contributed by atoms with Crippen molar-refractivity contribution in [3.8, 4) is 11.1 Å². The fraction of sp³-hybridized carbons (Fsp3) is 0.367. The molecule has 0 radical (unpaired) electrons. The van der Waals surface area contributed by atoms with Gasteiger partial charge in [-0.15, -0.1) is 0 Å². The maximum atomic E-state index is 12.8. The van der Waals surface area contributed by atoms with Crippen LogP contribution in [0.4, 0.5) is 10.5 Å². The van der Waals surface area contributed by atoms with Gasteiger partial charge in [0.1, 0.15) is 6.61 Å². The molecule has 1 fully saturated rings. The molecule has 3 aromatic carbocycles. The summed E-state index contributed by atoms with van der Waals surface area (Å²) in [6, 6.07) is 18.6. The van der Waals surface area contributed by atoms with Gasteiger partial charge in [0.15, 0.2) is 0 Å². The van der Waals surface area contributed by atoms with Crippen molar-refractivity contribution in [1.82, 2.24) is 5.32 Å². The Hall–Kier alpha value is -3.29. The molecule has 1 amide bonds. The molecule has 0 bridgehead atoms. The summed E-state index contributed by atoms with van der Waals surface area (Å²) >= 11 is 0. The van der Waals surface area contributed by atoms with Gasteiger partial charge in [-0.2, -0.15) is 0 Å². The lowest BCUT2D eigenvalue weighted by Gasteiger charge is -2.32. The van der Waals surface area contributed by atoms with Gasteiger partial charge in [0.05, 0.1) is 11.2 Å². The lowest BCUT2D eigenvalue weighted by Crippen LogP contribution is -2.41. The van der Waals surface area contributed by atoms with Gasteiger partial charge >= 0.3 is 13.2 Å². The molecule has 3 aromatic rings. The minimum atomic E-state index is -0.527. The van der Waals surface area contributed by atoms with Crippen molar-refractivity contribution in [2.24, 2.45) is 0 Å². The van der Waals surface area contributed by atoms with Crippen LogP contribution in [0.5, 0.6) is 0 Å². The second-order valence-electron chi connectivity index (χ2n) is 11.1. The van der Waals surface area contributed by atoms with Crippen molar-refractivity contribution in [3.05, 3.63) is 82.4 Å². The van der Waals surface area contributed by atoms with Crippen LogP contribution in [0.1, 0.15) is 61.4 Å². The van der Waals surface area contributed by atoms with Crippen LogP contribution < -0.4 is 16.5 Å². The first-order valence-corrected chi connectivity index (χ1v) is 12.8. The molecule has 0 spiro atoms. The highest BCUT2D eigenvalue weighted by molar-refractivity contribution is 6.62. The summed E-state index contributed by atoms with van der Waals surface area (Å²) in [5, 5.41) is 2.91. The summed E-state index contributed by atoms with van der Waals surface area (Å²) in [6.07, 6.45) is -0.461. The number of nitrogens with one attached hydrogen (secondary N) is 1. The number of benzene rings is 3. The number of rotatable bonds is 5. The lowest BCUT2D eigenvalue weighted by atomic mass is 9.74. The highest BCUT2D eigenvalue weighted by Crippen LogP contribution is 2.44. The Morgan fingerprint density at radius 2 is 1.49 bits per heavy atom. The van der Waals surface area contributed by atoms with Crippen LogP contribution in [0, 0.1) is 13.8 Å². The van der Waals surface area contributed by atoms with Gasteiger partial charge in [0.25, 0.3) is 0 Å². The number of nitrogen functional groups attached to an aromatic ring is 1. The third kappa shape index (κ3) is 4.40. The molecule has 1 aliphatic heterocycles. The Labute approximate surface area is 219 Å². The zero-order valence-corrected chi connectivity index (χ0v) is 22.5. The molecule has 7 heteroatoms. The van der Waals surface area contributed by atoms with E-state index in [9.17, 15) is 4.79 Å². The molecule has 5 rings (SSSR count). The molecule has 37 heavy (non-hydrogen) atoms. The van der Waals surface area contributed by atoms with Gasteiger partial charge in [0.2, 0.25) is 0 Å². The van der Waals surface area contributed by atoms with Crippen LogP contribution in [0.25, 0.3) is 11.1 Å². The predicted molar refractivity (Wildman–Crippen MR) is 148 cm³/mol. The quantitative estimate of drug-likeness (QED) is 0.372. The zero-order chi connectivity index (χ0) is 26.5. The van der Waals surface area contributed by atoms with E-state index in [2.05, 4.69) is 29.6 Å². The average molecular weight is 498 g/mol. The van der Waals surface area contributed by atoms with Gasteiger partial charge in [-0.3, -0.25) is 0 Å². The molecule has 6 nitrogen and oxygen atoms in total. The molecule has 0 unspecified atom stereocenters. The van der Waals surface area contributed by atoms with E-state index >= 15 is 0 Å². The van der Waals surface area contributed by atoms with Crippen molar-refractivity contribution in [2.45, 2.75) is 65.2 Å². The molecule has 0 aromatic heterocycles. The number of nitrogens with two attached hydrogens (primary N) is 1. The highest BCUT2D eigenvalue weighted by Gasteiger charge is 2.52. The van der Waals surface area contributed by atoms with E-state index in [1.165, 1.54) is 22.3 Å². The third-order valence-corrected chi connectivity index (χ3v) is 8.33. The molecular weight excluding hydrogens is 463 g/mol. The molecule has 192 valence electrons. The number of ether oxygens (including phenoxy) is 1. The molecule has 2 aliphatic rings. The molecular formula is C30H35BN2O4. The highest BCUT2D eigenvalue weighted by atomic mass is 16.7. The Bertz CT molecular complexity index is 1310. The lowest BCUT2D eigenvalue weighted by molar-refractivity contribution is 0.00578. The number of carbonyl (C=O) groups excluding carboxylic acids is 1. The summed E-state index contributed by atoms with van der Waals surface area (Å²) in [6.45, 7) is 12.6. The predicted octanol–water partition coefficient (Wildman–Crippen LogP) is 5.22. The van der Waals surface area contributed by atoms with Crippen LogP contribution >= 0.6 is 0 Å². The standard InChI is InChI=1S/C30H35BN2O4/c1-18-20(15-26(19(2)27(18)32)31-36-29(3,4)30(5,6)37-31)16-33-28(34)35-17-25-23-13-9-7-11-21(23)22-12-8-10-14-24(22)25/h7-15,25H,16-17,32H2,1-6H3,(H,33,34). The first-order chi connectivity index (χ1) is 17.5. The second kappa shape index (κ2) is 9.23. The summed E-state index contributed by atoms with van der Waals surface area (Å²) in [7, 11) is -0.527. The van der Waals surface area contributed by atoms with Gasteiger partial charge in [-0.05, 0) is 85.9 Å². The Morgan fingerprint density at radius 1 is 0.946 bits per heavy atom. The van der Waals surface area contributed by atoms with E-state index in [1.54, 1.807) is 0 Å². The van der Waals surface area contributed by atoms with Crippen molar-refractivity contribution in [1.29, 1.82) is 0 Å². The van der Waals surface area contributed by atoms with Crippen LogP contribution in [-0.2, 0) is 20.6 Å². The number of hydrogen-bond acceptors (Lipinski definition) is 5. The van der Waals surface area contributed by atoms with Gasteiger partial charge in [0, 0.05) is 18.2 Å². The van der Waals surface area contributed by atoms with Crippen LogP contribution in [0.15, 0.2) is 54.6 Å². The molecule has 3 N–H and O–H groups in total. The van der Waals surface area contributed by atoms with Gasteiger partial charge in [-0.25, -0.2) is 4.79 Å². The fourth-order valence-corrected chi connectivity index (χ4v) is 5.23. The molecule has 0 atom stereocenters. The Morgan fingerprint density at radius 3 is 2.05 bits per heavy atom. The number of alkyl carbamates (subject to hydrolysis) is 1. The fourth-order valence-electron chi connectivity index (χ4n) is 5.23.